The smallest absolute Gasteiger partial charge is 0.262 e. The molecule has 33 heavy (non-hydrogen) atoms. The fourth-order valence-corrected chi connectivity index (χ4v) is 5.02. The summed E-state index contributed by atoms with van der Waals surface area (Å²) in [6.45, 7) is 2.07. The van der Waals surface area contributed by atoms with E-state index >= 15 is 0 Å². The predicted octanol–water partition coefficient (Wildman–Crippen LogP) is 4.04. The maximum atomic E-state index is 13.4. The van der Waals surface area contributed by atoms with Crippen molar-refractivity contribution in [1.29, 1.82) is 0 Å². The van der Waals surface area contributed by atoms with Gasteiger partial charge >= 0.3 is 0 Å². The minimum atomic E-state index is -0.161. The molecular formula is C26H24N6O. The number of anilines is 1. The predicted molar refractivity (Wildman–Crippen MR) is 131 cm³/mol. The quantitative estimate of drug-likeness (QED) is 0.444. The molecule has 2 aromatic carbocycles. The van der Waals surface area contributed by atoms with Gasteiger partial charge in [-0.15, -0.1) is 0 Å². The van der Waals surface area contributed by atoms with E-state index in [4.69, 9.17) is 11.5 Å². The van der Waals surface area contributed by atoms with E-state index < -0.39 is 0 Å². The van der Waals surface area contributed by atoms with Crippen LogP contribution in [-0.4, -0.2) is 24.6 Å². The Labute approximate surface area is 190 Å². The number of fused-ring (bicyclic) bond motifs is 2. The van der Waals surface area contributed by atoms with Gasteiger partial charge in [-0.25, -0.2) is 9.97 Å². The highest BCUT2D eigenvalue weighted by molar-refractivity contribution is 6.02. The summed E-state index contributed by atoms with van der Waals surface area (Å²) in [5, 5.41) is 2.34. The van der Waals surface area contributed by atoms with E-state index in [1.807, 2.05) is 60.8 Å². The van der Waals surface area contributed by atoms with Crippen molar-refractivity contribution in [2.24, 2.45) is 5.73 Å². The number of hydrogen-bond acceptors (Lipinski definition) is 5. The highest BCUT2D eigenvalue weighted by Crippen LogP contribution is 2.43. The van der Waals surface area contributed by atoms with E-state index in [-0.39, 0.29) is 17.1 Å². The first-order valence-corrected chi connectivity index (χ1v) is 11.0. The fourth-order valence-electron chi connectivity index (χ4n) is 5.02. The van der Waals surface area contributed by atoms with Gasteiger partial charge in [0.2, 0.25) is 0 Å². The first kappa shape index (κ1) is 19.7. The Morgan fingerprint density at radius 1 is 1.06 bits per heavy atom. The number of benzene rings is 2. The van der Waals surface area contributed by atoms with Crippen molar-refractivity contribution in [3.63, 3.8) is 0 Å². The topological polar surface area (TPSA) is 105 Å². The minimum Gasteiger partial charge on any atom is -0.383 e. The van der Waals surface area contributed by atoms with Crippen LogP contribution >= 0.6 is 0 Å². The maximum absolute atomic E-state index is 13.4. The molecule has 0 radical (unpaired) electrons. The van der Waals surface area contributed by atoms with Crippen LogP contribution in [0, 0.1) is 0 Å². The summed E-state index contributed by atoms with van der Waals surface area (Å²) in [7, 11) is 0. The monoisotopic (exact) mass is 436 g/mol. The Morgan fingerprint density at radius 3 is 2.61 bits per heavy atom. The van der Waals surface area contributed by atoms with Crippen molar-refractivity contribution in [1.82, 2.24) is 19.1 Å². The largest absolute Gasteiger partial charge is 0.383 e. The van der Waals surface area contributed by atoms with Crippen LogP contribution in [0.2, 0.25) is 0 Å². The highest BCUT2D eigenvalue weighted by Gasteiger charge is 2.39. The van der Waals surface area contributed by atoms with Gasteiger partial charge in [-0.3, -0.25) is 9.36 Å². The molecule has 0 spiro atoms. The average Bonchev–Trinajstić information content (AvgIpc) is 3.19. The number of nitrogens with two attached hydrogens (primary N) is 2. The molecule has 1 aliphatic rings. The summed E-state index contributed by atoms with van der Waals surface area (Å²) in [6, 6.07) is 17.8. The first-order chi connectivity index (χ1) is 15.9. The Balaban J connectivity index is 1.54. The summed E-state index contributed by atoms with van der Waals surface area (Å²) in [5.41, 5.74) is 15.8. The van der Waals surface area contributed by atoms with Crippen LogP contribution < -0.4 is 17.0 Å². The summed E-state index contributed by atoms with van der Waals surface area (Å²) in [4.78, 5) is 22.2. The lowest BCUT2D eigenvalue weighted by atomic mass is 9.75. The van der Waals surface area contributed by atoms with Crippen molar-refractivity contribution < 1.29 is 0 Å². The molecule has 3 heterocycles. The second-order valence-corrected chi connectivity index (χ2v) is 9.25. The SMILES string of the molecule is CC1(N)CC(n2cc(-c3ccc4ccn(-c5ccccc5)c(=O)c4c3)c3c(N)ncnc32)C1. The fraction of sp³-hybridized carbons (Fsp3) is 0.192. The lowest BCUT2D eigenvalue weighted by Gasteiger charge is -2.43. The third-order valence-electron chi connectivity index (χ3n) is 6.69. The molecule has 1 fully saturated rings. The van der Waals surface area contributed by atoms with Gasteiger partial charge < -0.3 is 16.0 Å². The van der Waals surface area contributed by atoms with Gasteiger partial charge in [0, 0.05) is 40.6 Å². The van der Waals surface area contributed by atoms with E-state index in [1.54, 1.807) is 4.57 Å². The average molecular weight is 437 g/mol. The van der Waals surface area contributed by atoms with Crippen molar-refractivity contribution in [3.8, 4) is 16.8 Å². The highest BCUT2D eigenvalue weighted by atomic mass is 16.1. The molecule has 7 nitrogen and oxygen atoms in total. The molecule has 7 heteroatoms. The van der Waals surface area contributed by atoms with Crippen LogP contribution in [0.25, 0.3) is 38.6 Å². The van der Waals surface area contributed by atoms with E-state index in [0.717, 1.165) is 46.1 Å². The maximum Gasteiger partial charge on any atom is 0.262 e. The lowest BCUT2D eigenvalue weighted by Crippen LogP contribution is -2.49. The van der Waals surface area contributed by atoms with E-state index in [0.29, 0.717) is 11.2 Å². The van der Waals surface area contributed by atoms with Gasteiger partial charge in [-0.1, -0.05) is 30.3 Å². The van der Waals surface area contributed by atoms with Crippen LogP contribution in [0.1, 0.15) is 25.8 Å². The molecule has 1 saturated carbocycles. The molecule has 0 aliphatic heterocycles. The van der Waals surface area contributed by atoms with Gasteiger partial charge in [0.15, 0.2) is 0 Å². The van der Waals surface area contributed by atoms with Gasteiger partial charge in [0.25, 0.3) is 5.56 Å². The van der Waals surface area contributed by atoms with E-state index in [1.165, 1.54) is 6.33 Å². The van der Waals surface area contributed by atoms with Crippen LogP contribution in [0.5, 0.6) is 0 Å². The molecule has 0 amide bonds. The molecule has 6 rings (SSSR count). The Bertz CT molecular complexity index is 1570. The first-order valence-electron chi connectivity index (χ1n) is 11.0. The third-order valence-corrected chi connectivity index (χ3v) is 6.69. The second-order valence-electron chi connectivity index (χ2n) is 9.25. The van der Waals surface area contributed by atoms with Crippen molar-refractivity contribution >= 4 is 27.6 Å². The third kappa shape index (κ3) is 3.12. The van der Waals surface area contributed by atoms with Crippen LogP contribution in [-0.2, 0) is 0 Å². The molecule has 0 atom stereocenters. The summed E-state index contributed by atoms with van der Waals surface area (Å²) in [5.74, 6) is 0.429. The molecule has 4 N–H and O–H groups in total. The van der Waals surface area contributed by atoms with Crippen LogP contribution in [0.4, 0.5) is 5.82 Å². The molecule has 164 valence electrons. The molecule has 0 unspecified atom stereocenters. The van der Waals surface area contributed by atoms with Crippen molar-refractivity contribution in [2.75, 3.05) is 5.73 Å². The number of pyridine rings is 1. The van der Waals surface area contributed by atoms with Crippen molar-refractivity contribution in [3.05, 3.63) is 83.7 Å². The number of aromatic nitrogens is 4. The van der Waals surface area contributed by atoms with Gasteiger partial charge in [-0.05, 0) is 55.0 Å². The normalized spacial score (nSPS) is 20.2. The van der Waals surface area contributed by atoms with Gasteiger partial charge in [0.05, 0.1) is 5.39 Å². The van der Waals surface area contributed by atoms with Crippen molar-refractivity contribution in [2.45, 2.75) is 31.3 Å². The van der Waals surface area contributed by atoms with E-state index in [2.05, 4.69) is 27.7 Å². The van der Waals surface area contributed by atoms with Gasteiger partial charge in [0.1, 0.15) is 17.8 Å². The minimum absolute atomic E-state index is 0.0635. The molecule has 5 aromatic rings. The second kappa shape index (κ2) is 7.02. The van der Waals surface area contributed by atoms with Crippen LogP contribution in [0.15, 0.2) is 78.1 Å². The number of hydrogen-bond donors (Lipinski definition) is 2. The van der Waals surface area contributed by atoms with E-state index in [9.17, 15) is 4.79 Å². The zero-order valence-electron chi connectivity index (χ0n) is 18.3. The number of para-hydroxylation sites is 1. The molecule has 0 saturated heterocycles. The Kier molecular flexibility index (Phi) is 4.19. The molecule has 3 aromatic heterocycles. The Hall–Kier alpha value is -3.97. The molecule has 0 bridgehead atoms. The zero-order chi connectivity index (χ0) is 22.7. The summed E-state index contributed by atoms with van der Waals surface area (Å²) in [6.07, 6.45) is 7.14. The standard InChI is InChI=1S/C26H24N6O/c1-26(28)12-19(13-26)32-14-21(22-23(27)29-15-30-24(22)32)17-8-7-16-9-10-31(25(33)20(16)11-17)18-5-3-2-4-6-18/h2-11,14-15,19H,12-13,28H2,1H3,(H2,27,29,30). The lowest BCUT2D eigenvalue weighted by molar-refractivity contribution is 0.176. The zero-order valence-corrected chi connectivity index (χ0v) is 18.3. The number of nitrogens with zero attached hydrogens (tertiary/aromatic N) is 4. The van der Waals surface area contributed by atoms with Crippen LogP contribution in [0.3, 0.4) is 0 Å². The number of nitrogen functional groups attached to an aromatic ring is 1. The van der Waals surface area contributed by atoms with Gasteiger partial charge in [-0.2, -0.15) is 0 Å². The molecular weight excluding hydrogens is 412 g/mol. The Morgan fingerprint density at radius 2 is 1.85 bits per heavy atom. The summed E-state index contributed by atoms with van der Waals surface area (Å²) >= 11 is 0. The summed E-state index contributed by atoms with van der Waals surface area (Å²) < 4.78 is 3.83. The molecule has 1 aliphatic carbocycles. The number of rotatable bonds is 3.